The predicted octanol–water partition coefficient (Wildman–Crippen LogP) is 4.33. The number of aryl methyl sites for hydroxylation is 2. The number of benzene rings is 1. The first kappa shape index (κ1) is 19.1. The number of carbonyl (C=O) groups excluding carboxylic acids is 2. The Morgan fingerprint density at radius 3 is 2.74 bits per heavy atom. The molecule has 0 bridgehead atoms. The summed E-state index contributed by atoms with van der Waals surface area (Å²) in [5.41, 5.74) is 1.87. The summed E-state index contributed by atoms with van der Waals surface area (Å²) >= 11 is 12.0. The minimum absolute atomic E-state index is 0.206. The SMILES string of the molecule is Cc1cc(C(=O)O[C@@H](C)C(=O)Nc2cccc(Cl)c2Cl)c2c(C)noc2n1. The third-order valence-corrected chi connectivity index (χ3v) is 4.65. The first-order valence-corrected chi connectivity index (χ1v) is 8.73. The number of ether oxygens (including phenoxy) is 1. The second-order valence-corrected chi connectivity index (χ2v) is 6.68. The summed E-state index contributed by atoms with van der Waals surface area (Å²) in [7, 11) is 0. The number of nitrogens with zero attached hydrogens (tertiary/aromatic N) is 2. The first-order chi connectivity index (χ1) is 12.8. The van der Waals surface area contributed by atoms with E-state index in [1.54, 1.807) is 38.1 Å². The van der Waals surface area contributed by atoms with Crippen molar-refractivity contribution in [1.82, 2.24) is 10.1 Å². The second kappa shape index (κ2) is 7.54. The van der Waals surface area contributed by atoms with Crippen molar-refractivity contribution in [2.24, 2.45) is 0 Å². The summed E-state index contributed by atoms with van der Waals surface area (Å²) in [5, 5.41) is 7.37. The maximum absolute atomic E-state index is 12.6. The third kappa shape index (κ3) is 3.89. The van der Waals surface area contributed by atoms with Crippen LogP contribution in [-0.2, 0) is 9.53 Å². The number of anilines is 1. The molecule has 3 aromatic rings. The Kier molecular flexibility index (Phi) is 5.34. The molecule has 0 aliphatic rings. The average Bonchev–Trinajstić information content (AvgIpc) is 2.98. The summed E-state index contributed by atoms with van der Waals surface area (Å²) in [4.78, 5) is 29.1. The zero-order valence-electron chi connectivity index (χ0n) is 14.7. The van der Waals surface area contributed by atoms with Crippen LogP contribution in [0.4, 0.5) is 5.69 Å². The van der Waals surface area contributed by atoms with Crippen molar-refractivity contribution in [3.05, 3.63) is 51.3 Å². The van der Waals surface area contributed by atoms with Crippen LogP contribution in [0.3, 0.4) is 0 Å². The molecule has 1 aromatic carbocycles. The molecule has 7 nitrogen and oxygen atoms in total. The van der Waals surface area contributed by atoms with Gasteiger partial charge in [0, 0.05) is 5.69 Å². The number of pyridine rings is 1. The highest BCUT2D eigenvalue weighted by Gasteiger charge is 2.24. The number of nitrogens with one attached hydrogen (secondary N) is 1. The van der Waals surface area contributed by atoms with E-state index >= 15 is 0 Å². The van der Waals surface area contributed by atoms with Crippen molar-refractivity contribution >= 4 is 51.9 Å². The highest BCUT2D eigenvalue weighted by Crippen LogP contribution is 2.29. The molecule has 3 rings (SSSR count). The van der Waals surface area contributed by atoms with Crippen molar-refractivity contribution in [1.29, 1.82) is 0 Å². The summed E-state index contributed by atoms with van der Waals surface area (Å²) in [6.07, 6.45) is -1.07. The van der Waals surface area contributed by atoms with Gasteiger partial charge in [-0.15, -0.1) is 0 Å². The van der Waals surface area contributed by atoms with Crippen molar-refractivity contribution in [2.75, 3.05) is 5.32 Å². The zero-order valence-corrected chi connectivity index (χ0v) is 16.2. The van der Waals surface area contributed by atoms with E-state index in [0.717, 1.165) is 0 Å². The summed E-state index contributed by atoms with van der Waals surface area (Å²) < 4.78 is 10.4. The molecule has 1 N–H and O–H groups in total. The smallest absolute Gasteiger partial charge is 0.339 e. The Morgan fingerprint density at radius 1 is 1.26 bits per heavy atom. The van der Waals surface area contributed by atoms with Crippen LogP contribution in [0.25, 0.3) is 11.1 Å². The lowest BCUT2D eigenvalue weighted by Gasteiger charge is -2.15. The quantitative estimate of drug-likeness (QED) is 0.646. The molecule has 1 amide bonds. The molecule has 1 atom stereocenters. The number of rotatable bonds is 4. The van der Waals surface area contributed by atoms with Crippen molar-refractivity contribution in [2.45, 2.75) is 26.9 Å². The van der Waals surface area contributed by atoms with Crippen LogP contribution in [0, 0.1) is 13.8 Å². The molecule has 0 unspecified atom stereocenters. The number of hydrogen-bond acceptors (Lipinski definition) is 6. The fraction of sp³-hybridized carbons (Fsp3) is 0.222. The number of halogens is 2. The predicted molar refractivity (Wildman–Crippen MR) is 101 cm³/mol. The van der Waals surface area contributed by atoms with Gasteiger partial charge >= 0.3 is 5.97 Å². The molecular weight excluding hydrogens is 393 g/mol. The molecular formula is C18H15Cl2N3O4. The summed E-state index contributed by atoms with van der Waals surface area (Å²) in [6, 6.07) is 6.40. The van der Waals surface area contributed by atoms with Crippen molar-refractivity contribution in [3.63, 3.8) is 0 Å². The maximum Gasteiger partial charge on any atom is 0.339 e. The van der Waals surface area contributed by atoms with Gasteiger partial charge in [0.05, 0.1) is 32.4 Å². The lowest BCUT2D eigenvalue weighted by atomic mass is 10.1. The maximum atomic E-state index is 12.6. The highest BCUT2D eigenvalue weighted by molar-refractivity contribution is 6.44. The molecule has 0 saturated carbocycles. The van der Waals surface area contributed by atoms with E-state index in [4.69, 9.17) is 32.5 Å². The fourth-order valence-electron chi connectivity index (χ4n) is 2.49. The molecule has 0 fully saturated rings. The molecule has 0 aliphatic carbocycles. The number of amides is 1. The molecule has 27 heavy (non-hydrogen) atoms. The van der Waals surface area contributed by atoms with E-state index in [1.807, 2.05) is 0 Å². The number of aromatic nitrogens is 2. The summed E-state index contributed by atoms with van der Waals surface area (Å²) in [6.45, 7) is 4.86. The van der Waals surface area contributed by atoms with Crippen LogP contribution in [-0.4, -0.2) is 28.1 Å². The van der Waals surface area contributed by atoms with Crippen LogP contribution in [0.1, 0.15) is 28.7 Å². The topological polar surface area (TPSA) is 94.3 Å². The minimum Gasteiger partial charge on any atom is -0.449 e. The molecule has 0 saturated heterocycles. The molecule has 9 heteroatoms. The van der Waals surface area contributed by atoms with Gasteiger partial charge in [-0.05, 0) is 39.0 Å². The van der Waals surface area contributed by atoms with Gasteiger partial charge in [0.2, 0.25) is 0 Å². The van der Waals surface area contributed by atoms with Crippen LogP contribution >= 0.6 is 23.2 Å². The Bertz CT molecular complexity index is 1050. The van der Waals surface area contributed by atoms with Crippen molar-refractivity contribution in [3.8, 4) is 0 Å². The van der Waals surface area contributed by atoms with E-state index in [9.17, 15) is 9.59 Å². The van der Waals surface area contributed by atoms with E-state index in [0.29, 0.717) is 27.5 Å². The molecule has 140 valence electrons. The second-order valence-electron chi connectivity index (χ2n) is 5.90. The van der Waals surface area contributed by atoms with Crippen LogP contribution in [0.5, 0.6) is 0 Å². The van der Waals surface area contributed by atoms with E-state index in [1.165, 1.54) is 6.92 Å². The molecule has 0 radical (unpaired) electrons. The van der Waals surface area contributed by atoms with Gasteiger partial charge in [-0.3, -0.25) is 4.79 Å². The van der Waals surface area contributed by atoms with E-state index < -0.39 is 18.0 Å². The Morgan fingerprint density at radius 2 is 2.00 bits per heavy atom. The van der Waals surface area contributed by atoms with Crippen LogP contribution in [0.15, 0.2) is 28.8 Å². The van der Waals surface area contributed by atoms with Gasteiger partial charge in [0.25, 0.3) is 11.6 Å². The van der Waals surface area contributed by atoms with Gasteiger partial charge in [-0.2, -0.15) is 0 Å². The summed E-state index contributed by atoms with van der Waals surface area (Å²) in [5.74, 6) is -1.23. The van der Waals surface area contributed by atoms with Gasteiger partial charge in [-0.1, -0.05) is 34.4 Å². The number of fused-ring (bicyclic) bond motifs is 1. The number of carbonyl (C=O) groups is 2. The third-order valence-electron chi connectivity index (χ3n) is 3.83. The largest absolute Gasteiger partial charge is 0.449 e. The van der Waals surface area contributed by atoms with Gasteiger partial charge in [-0.25, -0.2) is 9.78 Å². The standard InChI is InChI=1S/C18H15Cl2N3O4/c1-8-7-11(14-9(2)23-27-17(14)21-8)18(25)26-10(3)16(24)22-13-6-4-5-12(19)15(13)20/h4-7,10H,1-3H3,(H,22,24)/t10-/m0/s1. The van der Waals surface area contributed by atoms with Gasteiger partial charge < -0.3 is 14.6 Å². The Labute approximate surface area is 164 Å². The van der Waals surface area contributed by atoms with Crippen LogP contribution < -0.4 is 5.32 Å². The van der Waals surface area contributed by atoms with Crippen molar-refractivity contribution < 1.29 is 18.8 Å². The zero-order chi connectivity index (χ0) is 19.7. The normalized spacial score (nSPS) is 12.0. The number of hydrogen-bond donors (Lipinski definition) is 1. The average molecular weight is 408 g/mol. The van der Waals surface area contributed by atoms with E-state index in [2.05, 4.69) is 15.5 Å². The lowest BCUT2D eigenvalue weighted by molar-refractivity contribution is -0.123. The Hall–Kier alpha value is -2.64. The molecule has 2 heterocycles. The van der Waals surface area contributed by atoms with Crippen LogP contribution in [0.2, 0.25) is 10.0 Å². The molecule has 0 aliphatic heterocycles. The lowest BCUT2D eigenvalue weighted by Crippen LogP contribution is -2.30. The highest BCUT2D eigenvalue weighted by atomic mass is 35.5. The number of esters is 1. The minimum atomic E-state index is -1.07. The monoisotopic (exact) mass is 407 g/mol. The van der Waals surface area contributed by atoms with Gasteiger partial charge in [0.15, 0.2) is 6.10 Å². The van der Waals surface area contributed by atoms with E-state index in [-0.39, 0.29) is 16.3 Å². The van der Waals surface area contributed by atoms with Gasteiger partial charge in [0.1, 0.15) is 0 Å². The molecule has 2 aromatic heterocycles. The fourth-order valence-corrected chi connectivity index (χ4v) is 2.84. The Balaban J connectivity index is 1.79. The first-order valence-electron chi connectivity index (χ1n) is 7.97. The molecule has 0 spiro atoms.